The van der Waals surface area contributed by atoms with Gasteiger partial charge in [0.2, 0.25) is 0 Å². The van der Waals surface area contributed by atoms with Gasteiger partial charge >= 0.3 is 0 Å². The van der Waals surface area contributed by atoms with Gasteiger partial charge in [0.05, 0.1) is 0 Å². The molecule has 1 aromatic carbocycles. The van der Waals surface area contributed by atoms with Crippen LogP contribution in [0.4, 0.5) is 0 Å². The molecule has 110 valence electrons. The molecule has 0 radical (unpaired) electrons. The van der Waals surface area contributed by atoms with Gasteiger partial charge in [0, 0.05) is 30.6 Å². The van der Waals surface area contributed by atoms with Crippen LogP contribution in [0.25, 0.3) is 0 Å². The summed E-state index contributed by atoms with van der Waals surface area (Å²) in [6.07, 6.45) is 7.80. The summed E-state index contributed by atoms with van der Waals surface area (Å²) in [5, 5.41) is 0. The van der Waals surface area contributed by atoms with E-state index in [-0.39, 0.29) is 0 Å². The lowest BCUT2D eigenvalue weighted by atomic mass is 10.1. The van der Waals surface area contributed by atoms with Crippen molar-refractivity contribution in [1.82, 2.24) is 9.80 Å². The van der Waals surface area contributed by atoms with E-state index in [9.17, 15) is 0 Å². The van der Waals surface area contributed by atoms with Crippen LogP contribution in [-0.2, 0) is 6.54 Å². The van der Waals surface area contributed by atoms with Crippen molar-refractivity contribution in [3.8, 4) is 0 Å². The van der Waals surface area contributed by atoms with Gasteiger partial charge in [-0.05, 0) is 50.2 Å². The maximum absolute atomic E-state index is 2.74. The van der Waals surface area contributed by atoms with Crippen molar-refractivity contribution in [2.24, 2.45) is 0 Å². The molecule has 1 aromatic rings. The van der Waals surface area contributed by atoms with E-state index >= 15 is 0 Å². The SMILES string of the molecule is CSc1ccccc1CN1CC[C@@H](N2CCCCC2)C1. The summed E-state index contributed by atoms with van der Waals surface area (Å²) in [7, 11) is 0. The summed E-state index contributed by atoms with van der Waals surface area (Å²) in [5.41, 5.74) is 1.50. The molecule has 2 saturated heterocycles. The standard InChI is InChI=1S/C17H26N2S/c1-20-17-8-4-3-7-15(17)13-18-12-9-16(14-18)19-10-5-2-6-11-19/h3-4,7-8,16H,2,5-6,9-14H2,1H3/t16-/m1/s1. The van der Waals surface area contributed by atoms with Crippen LogP contribution in [0.15, 0.2) is 29.2 Å². The van der Waals surface area contributed by atoms with Crippen LogP contribution in [0.1, 0.15) is 31.2 Å². The molecular formula is C17H26N2S. The summed E-state index contributed by atoms with van der Waals surface area (Å²) < 4.78 is 0. The topological polar surface area (TPSA) is 6.48 Å². The van der Waals surface area contributed by atoms with E-state index in [1.807, 2.05) is 11.8 Å². The van der Waals surface area contributed by atoms with E-state index in [0.717, 1.165) is 12.6 Å². The van der Waals surface area contributed by atoms with Gasteiger partial charge in [0.15, 0.2) is 0 Å². The maximum atomic E-state index is 2.74. The molecule has 1 atom stereocenters. The Balaban J connectivity index is 1.57. The molecule has 20 heavy (non-hydrogen) atoms. The lowest BCUT2D eigenvalue weighted by molar-refractivity contribution is 0.161. The van der Waals surface area contributed by atoms with Gasteiger partial charge in [-0.3, -0.25) is 9.80 Å². The Labute approximate surface area is 127 Å². The van der Waals surface area contributed by atoms with Gasteiger partial charge in [-0.15, -0.1) is 11.8 Å². The smallest absolute Gasteiger partial charge is 0.0245 e. The summed E-state index contributed by atoms with van der Waals surface area (Å²) in [6, 6.07) is 9.68. The molecule has 2 aliphatic rings. The highest BCUT2D eigenvalue weighted by Gasteiger charge is 2.28. The third kappa shape index (κ3) is 3.38. The minimum atomic E-state index is 0.816. The van der Waals surface area contributed by atoms with Crippen molar-refractivity contribution in [3.63, 3.8) is 0 Å². The van der Waals surface area contributed by atoms with Gasteiger partial charge in [-0.25, -0.2) is 0 Å². The minimum absolute atomic E-state index is 0.816. The van der Waals surface area contributed by atoms with Crippen molar-refractivity contribution >= 4 is 11.8 Å². The zero-order valence-corrected chi connectivity index (χ0v) is 13.4. The number of rotatable bonds is 4. The summed E-state index contributed by atoms with van der Waals surface area (Å²) in [5.74, 6) is 0. The normalized spacial score (nSPS) is 25.1. The van der Waals surface area contributed by atoms with E-state index in [0.29, 0.717) is 0 Å². The molecular weight excluding hydrogens is 264 g/mol. The van der Waals surface area contributed by atoms with Gasteiger partial charge in [-0.1, -0.05) is 24.6 Å². The van der Waals surface area contributed by atoms with E-state index in [1.165, 1.54) is 62.3 Å². The van der Waals surface area contributed by atoms with E-state index in [2.05, 4.69) is 40.3 Å². The van der Waals surface area contributed by atoms with Crippen LogP contribution < -0.4 is 0 Å². The second kappa shape index (κ2) is 6.97. The van der Waals surface area contributed by atoms with Gasteiger partial charge in [0.25, 0.3) is 0 Å². The van der Waals surface area contributed by atoms with Crippen LogP contribution in [-0.4, -0.2) is 48.3 Å². The van der Waals surface area contributed by atoms with Crippen LogP contribution in [0, 0.1) is 0 Å². The second-order valence-corrected chi connectivity index (χ2v) is 6.93. The first-order chi connectivity index (χ1) is 9.86. The highest BCUT2D eigenvalue weighted by Crippen LogP contribution is 2.25. The molecule has 0 unspecified atom stereocenters. The summed E-state index contributed by atoms with van der Waals surface area (Å²) >= 11 is 1.87. The van der Waals surface area contributed by atoms with Crippen molar-refractivity contribution in [3.05, 3.63) is 29.8 Å². The van der Waals surface area contributed by atoms with Crippen molar-refractivity contribution in [1.29, 1.82) is 0 Å². The quantitative estimate of drug-likeness (QED) is 0.784. The Kier molecular flexibility index (Phi) is 5.03. The van der Waals surface area contributed by atoms with Crippen LogP contribution >= 0.6 is 11.8 Å². The lowest BCUT2D eigenvalue weighted by Gasteiger charge is -2.32. The van der Waals surface area contributed by atoms with E-state index < -0.39 is 0 Å². The number of thioether (sulfide) groups is 1. The zero-order valence-electron chi connectivity index (χ0n) is 12.6. The average molecular weight is 290 g/mol. The molecule has 0 aromatic heterocycles. The highest BCUT2D eigenvalue weighted by atomic mass is 32.2. The largest absolute Gasteiger partial charge is 0.299 e. The fourth-order valence-electron chi connectivity index (χ4n) is 3.61. The molecule has 0 bridgehead atoms. The zero-order chi connectivity index (χ0) is 13.8. The molecule has 2 fully saturated rings. The number of nitrogens with zero attached hydrogens (tertiary/aromatic N) is 2. The van der Waals surface area contributed by atoms with Gasteiger partial charge < -0.3 is 0 Å². The number of benzene rings is 1. The molecule has 0 N–H and O–H groups in total. The first-order valence-corrected chi connectivity index (χ1v) is 9.17. The predicted octanol–water partition coefficient (Wildman–Crippen LogP) is 3.47. The Morgan fingerprint density at radius 3 is 2.70 bits per heavy atom. The Morgan fingerprint density at radius 2 is 1.90 bits per heavy atom. The highest BCUT2D eigenvalue weighted by molar-refractivity contribution is 7.98. The number of hydrogen-bond donors (Lipinski definition) is 0. The number of piperidine rings is 1. The molecule has 0 spiro atoms. The van der Waals surface area contributed by atoms with E-state index in [4.69, 9.17) is 0 Å². The molecule has 2 heterocycles. The molecule has 2 aliphatic heterocycles. The average Bonchev–Trinajstić information content (AvgIpc) is 2.97. The Morgan fingerprint density at radius 1 is 1.10 bits per heavy atom. The Bertz CT molecular complexity index is 429. The van der Waals surface area contributed by atoms with Gasteiger partial charge in [0.1, 0.15) is 0 Å². The monoisotopic (exact) mass is 290 g/mol. The molecule has 0 saturated carbocycles. The summed E-state index contributed by atoms with van der Waals surface area (Å²) in [4.78, 5) is 6.83. The molecule has 0 aliphatic carbocycles. The molecule has 3 rings (SSSR count). The maximum Gasteiger partial charge on any atom is 0.0245 e. The van der Waals surface area contributed by atoms with Crippen LogP contribution in [0.3, 0.4) is 0 Å². The lowest BCUT2D eigenvalue weighted by Crippen LogP contribution is -2.40. The fraction of sp³-hybridized carbons (Fsp3) is 0.647. The van der Waals surface area contributed by atoms with Crippen LogP contribution in [0.5, 0.6) is 0 Å². The first kappa shape index (κ1) is 14.4. The van der Waals surface area contributed by atoms with Crippen LogP contribution in [0.2, 0.25) is 0 Å². The number of hydrogen-bond acceptors (Lipinski definition) is 3. The van der Waals surface area contributed by atoms with E-state index in [1.54, 1.807) is 0 Å². The summed E-state index contributed by atoms with van der Waals surface area (Å²) in [6.45, 7) is 6.33. The minimum Gasteiger partial charge on any atom is -0.299 e. The Hall–Kier alpha value is -0.510. The molecule has 2 nitrogen and oxygen atoms in total. The third-order valence-electron chi connectivity index (χ3n) is 4.74. The second-order valence-electron chi connectivity index (χ2n) is 6.09. The van der Waals surface area contributed by atoms with Gasteiger partial charge in [-0.2, -0.15) is 0 Å². The van der Waals surface area contributed by atoms with Crippen molar-refractivity contribution < 1.29 is 0 Å². The van der Waals surface area contributed by atoms with Crippen molar-refractivity contribution in [2.75, 3.05) is 32.4 Å². The fourth-order valence-corrected chi connectivity index (χ4v) is 4.22. The predicted molar refractivity (Wildman–Crippen MR) is 87.3 cm³/mol. The van der Waals surface area contributed by atoms with Crippen molar-refractivity contribution in [2.45, 2.75) is 43.2 Å². The third-order valence-corrected chi connectivity index (χ3v) is 5.58. The number of likely N-dealkylation sites (tertiary alicyclic amines) is 2. The molecule has 0 amide bonds. The first-order valence-electron chi connectivity index (χ1n) is 7.95. The molecule has 3 heteroatoms.